The molecule has 0 radical (unpaired) electrons. The SMILES string of the molecule is CCC(CNC(=O)Nc1ccccc1Cl)C(=O)O. The second kappa shape index (κ2) is 6.86. The van der Waals surface area contributed by atoms with Crippen LogP contribution in [0.5, 0.6) is 0 Å². The summed E-state index contributed by atoms with van der Waals surface area (Å²) in [6.45, 7) is 1.84. The number of carbonyl (C=O) groups excluding carboxylic acids is 1. The molecule has 0 fully saturated rings. The quantitative estimate of drug-likeness (QED) is 0.769. The number of aliphatic carboxylic acids is 1. The second-order valence-electron chi connectivity index (χ2n) is 3.76. The van der Waals surface area contributed by atoms with Crippen LogP contribution in [0.15, 0.2) is 24.3 Å². The van der Waals surface area contributed by atoms with Crippen molar-refractivity contribution in [1.82, 2.24) is 5.32 Å². The molecule has 0 aliphatic carbocycles. The first-order valence-electron chi connectivity index (χ1n) is 5.56. The Hall–Kier alpha value is -1.75. The highest BCUT2D eigenvalue weighted by Crippen LogP contribution is 2.20. The Morgan fingerprint density at radius 2 is 2.06 bits per heavy atom. The highest BCUT2D eigenvalue weighted by molar-refractivity contribution is 6.33. The number of benzene rings is 1. The molecule has 0 spiro atoms. The molecule has 0 bridgehead atoms. The molecule has 1 unspecified atom stereocenters. The molecule has 1 aromatic rings. The van der Waals surface area contributed by atoms with Gasteiger partial charge in [-0.1, -0.05) is 30.7 Å². The first kappa shape index (κ1) is 14.3. The van der Waals surface area contributed by atoms with Crippen molar-refractivity contribution in [1.29, 1.82) is 0 Å². The van der Waals surface area contributed by atoms with Crippen molar-refractivity contribution < 1.29 is 14.7 Å². The number of carbonyl (C=O) groups is 2. The van der Waals surface area contributed by atoms with Crippen LogP contribution >= 0.6 is 11.6 Å². The maximum atomic E-state index is 11.5. The van der Waals surface area contributed by atoms with Crippen LogP contribution in [0, 0.1) is 5.92 Å². The number of para-hydroxylation sites is 1. The van der Waals surface area contributed by atoms with E-state index in [1.165, 1.54) is 0 Å². The molecule has 1 atom stereocenters. The monoisotopic (exact) mass is 270 g/mol. The van der Waals surface area contributed by atoms with Gasteiger partial charge < -0.3 is 15.7 Å². The number of amides is 2. The summed E-state index contributed by atoms with van der Waals surface area (Å²) in [7, 11) is 0. The maximum Gasteiger partial charge on any atom is 0.319 e. The Morgan fingerprint density at radius 1 is 1.39 bits per heavy atom. The average Bonchev–Trinajstić information content (AvgIpc) is 2.32. The number of hydrogen-bond acceptors (Lipinski definition) is 2. The van der Waals surface area contributed by atoms with E-state index in [1.54, 1.807) is 31.2 Å². The van der Waals surface area contributed by atoms with Crippen molar-refractivity contribution in [3.63, 3.8) is 0 Å². The molecule has 98 valence electrons. The first-order valence-corrected chi connectivity index (χ1v) is 5.94. The van der Waals surface area contributed by atoms with Crippen LogP contribution in [0.3, 0.4) is 0 Å². The number of carboxylic acid groups (broad SMARTS) is 1. The van der Waals surface area contributed by atoms with Gasteiger partial charge in [0.05, 0.1) is 16.6 Å². The molecule has 0 aliphatic rings. The number of nitrogens with one attached hydrogen (secondary N) is 2. The standard InChI is InChI=1S/C12H15ClN2O3/c1-2-8(11(16)17)7-14-12(18)15-10-6-4-3-5-9(10)13/h3-6,8H,2,7H2,1H3,(H,16,17)(H2,14,15,18). The van der Waals surface area contributed by atoms with E-state index < -0.39 is 17.9 Å². The summed E-state index contributed by atoms with van der Waals surface area (Å²) in [6.07, 6.45) is 0.460. The maximum absolute atomic E-state index is 11.5. The minimum absolute atomic E-state index is 0.0854. The molecular formula is C12H15ClN2O3. The van der Waals surface area contributed by atoms with Gasteiger partial charge in [0.2, 0.25) is 0 Å². The molecule has 0 saturated heterocycles. The van der Waals surface area contributed by atoms with Crippen LogP contribution < -0.4 is 10.6 Å². The third kappa shape index (κ3) is 4.25. The Balaban J connectivity index is 2.48. The number of hydrogen-bond donors (Lipinski definition) is 3. The highest BCUT2D eigenvalue weighted by Gasteiger charge is 2.15. The topological polar surface area (TPSA) is 78.4 Å². The van der Waals surface area contributed by atoms with Crippen LogP contribution in [0.4, 0.5) is 10.5 Å². The summed E-state index contributed by atoms with van der Waals surface area (Å²) in [5.41, 5.74) is 0.486. The predicted octanol–water partition coefficient (Wildman–Crippen LogP) is 2.57. The molecule has 3 N–H and O–H groups in total. The number of rotatable bonds is 5. The van der Waals surface area contributed by atoms with Crippen molar-refractivity contribution in [3.05, 3.63) is 29.3 Å². The van der Waals surface area contributed by atoms with Gasteiger partial charge in [-0.3, -0.25) is 4.79 Å². The first-order chi connectivity index (χ1) is 8.54. The largest absolute Gasteiger partial charge is 0.481 e. The molecule has 1 aromatic carbocycles. The van der Waals surface area contributed by atoms with E-state index in [0.29, 0.717) is 17.1 Å². The van der Waals surface area contributed by atoms with Gasteiger partial charge in [-0.15, -0.1) is 0 Å². The van der Waals surface area contributed by atoms with E-state index in [9.17, 15) is 9.59 Å². The molecule has 2 amide bonds. The third-order valence-corrected chi connectivity index (χ3v) is 2.80. The van der Waals surface area contributed by atoms with Gasteiger partial charge >= 0.3 is 12.0 Å². The summed E-state index contributed by atoms with van der Waals surface area (Å²) in [6, 6.07) is 6.35. The molecular weight excluding hydrogens is 256 g/mol. The van der Waals surface area contributed by atoms with E-state index in [1.807, 2.05) is 0 Å². The van der Waals surface area contributed by atoms with Gasteiger partial charge in [-0.25, -0.2) is 4.79 Å². The van der Waals surface area contributed by atoms with Crippen molar-refractivity contribution in [2.24, 2.45) is 5.92 Å². The van der Waals surface area contributed by atoms with Crippen molar-refractivity contribution in [2.75, 3.05) is 11.9 Å². The Kier molecular flexibility index (Phi) is 5.45. The van der Waals surface area contributed by atoms with Gasteiger partial charge in [0.15, 0.2) is 0 Å². The summed E-state index contributed by atoms with van der Waals surface area (Å²) in [5.74, 6) is -1.50. The van der Waals surface area contributed by atoms with E-state index in [4.69, 9.17) is 16.7 Å². The van der Waals surface area contributed by atoms with E-state index in [-0.39, 0.29) is 6.54 Å². The lowest BCUT2D eigenvalue weighted by Gasteiger charge is -2.12. The van der Waals surface area contributed by atoms with E-state index in [2.05, 4.69) is 10.6 Å². The van der Waals surface area contributed by atoms with Gasteiger partial charge in [0.1, 0.15) is 0 Å². The number of urea groups is 1. The van der Waals surface area contributed by atoms with Crippen LogP contribution in [0.2, 0.25) is 5.02 Å². The van der Waals surface area contributed by atoms with Gasteiger partial charge in [-0.2, -0.15) is 0 Å². The lowest BCUT2D eigenvalue weighted by molar-refractivity contribution is -0.141. The molecule has 0 aromatic heterocycles. The number of carboxylic acids is 1. The highest BCUT2D eigenvalue weighted by atomic mass is 35.5. The molecule has 0 aliphatic heterocycles. The van der Waals surface area contributed by atoms with Crippen molar-refractivity contribution in [2.45, 2.75) is 13.3 Å². The van der Waals surface area contributed by atoms with Gasteiger partial charge in [0, 0.05) is 6.54 Å². The molecule has 0 heterocycles. The molecule has 6 heteroatoms. The van der Waals surface area contributed by atoms with Gasteiger partial charge in [0.25, 0.3) is 0 Å². The summed E-state index contributed by atoms with van der Waals surface area (Å²) in [4.78, 5) is 22.3. The fraction of sp³-hybridized carbons (Fsp3) is 0.333. The van der Waals surface area contributed by atoms with E-state index >= 15 is 0 Å². The Bertz CT molecular complexity index is 437. The smallest absolute Gasteiger partial charge is 0.319 e. The van der Waals surface area contributed by atoms with Crippen LogP contribution in [-0.4, -0.2) is 23.7 Å². The van der Waals surface area contributed by atoms with Crippen LogP contribution in [-0.2, 0) is 4.79 Å². The molecule has 1 rings (SSSR count). The van der Waals surface area contributed by atoms with Crippen LogP contribution in [0.25, 0.3) is 0 Å². The fourth-order valence-corrected chi connectivity index (χ4v) is 1.53. The van der Waals surface area contributed by atoms with Crippen molar-refractivity contribution in [3.8, 4) is 0 Å². The second-order valence-corrected chi connectivity index (χ2v) is 4.17. The zero-order valence-electron chi connectivity index (χ0n) is 9.94. The Labute approximate surface area is 110 Å². The summed E-state index contributed by atoms with van der Waals surface area (Å²) in [5, 5.41) is 14.3. The van der Waals surface area contributed by atoms with Crippen LogP contribution in [0.1, 0.15) is 13.3 Å². The summed E-state index contributed by atoms with van der Waals surface area (Å²) < 4.78 is 0. The third-order valence-electron chi connectivity index (χ3n) is 2.47. The normalized spacial score (nSPS) is 11.7. The zero-order chi connectivity index (χ0) is 13.5. The van der Waals surface area contributed by atoms with Crippen molar-refractivity contribution >= 4 is 29.3 Å². The lowest BCUT2D eigenvalue weighted by Crippen LogP contribution is -2.35. The molecule has 5 nitrogen and oxygen atoms in total. The Morgan fingerprint density at radius 3 is 2.61 bits per heavy atom. The zero-order valence-corrected chi connectivity index (χ0v) is 10.7. The van der Waals surface area contributed by atoms with Gasteiger partial charge in [-0.05, 0) is 18.6 Å². The molecule has 18 heavy (non-hydrogen) atoms. The van der Waals surface area contributed by atoms with E-state index in [0.717, 1.165) is 0 Å². The summed E-state index contributed by atoms with van der Waals surface area (Å²) >= 11 is 5.87. The number of anilines is 1. The minimum atomic E-state index is -0.921. The minimum Gasteiger partial charge on any atom is -0.481 e. The fourth-order valence-electron chi connectivity index (χ4n) is 1.35. The molecule has 0 saturated carbocycles. The predicted molar refractivity (Wildman–Crippen MR) is 69.9 cm³/mol. The number of halogens is 1. The lowest BCUT2D eigenvalue weighted by atomic mass is 10.1. The average molecular weight is 271 g/mol.